The van der Waals surface area contributed by atoms with E-state index in [-0.39, 0.29) is 11.9 Å². The number of rotatable bonds is 3. The van der Waals surface area contributed by atoms with Crippen LogP contribution in [0.25, 0.3) is 5.65 Å². The summed E-state index contributed by atoms with van der Waals surface area (Å²) in [5.74, 6) is 0.0816. The van der Waals surface area contributed by atoms with Crippen LogP contribution in [0.3, 0.4) is 0 Å². The van der Waals surface area contributed by atoms with Gasteiger partial charge in [-0.05, 0) is 25.0 Å². The fourth-order valence-corrected chi connectivity index (χ4v) is 2.61. The molecule has 1 saturated carbocycles. The van der Waals surface area contributed by atoms with E-state index in [0.717, 1.165) is 25.7 Å². The highest BCUT2D eigenvalue weighted by atomic mass is 16.6. The van der Waals surface area contributed by atoms with E-state index in [0.29, 0.717) is 5.65 Å². The van der Waals surface area contributed by atoms with Crippen LogP contribution >= 0.6 is 0 Å². The minimum absolute atomic E-state index is 0.0816. The zero-order chi connectivity index (χ0) is 14.1. The standard InChI is InChI=1S/C13H14N4O3/c18-13-11(17(19)20)12(14-9-5-1-2-6-9)15-10-7-3-4-8-16(10)13/h3-4,7-9,14H,1-2,5-6H2. The lowest BCUT2D eigenvalue weighted by atomic mass is 10.2. The van der Waals surface area contributed by atoms with Gasteiger partial charge >= 0.3 is 11.2 Å². The third-order valence-electron chi connectivity index (χ3n) is 3.59. The largest absolute Gasteiger partial charge is 0.376 e. The Bertz CT molecular complexity index is 719. The van der Waals surface area contributed by atoms with Crippen LogP contribution in [0, 0.1) is 10.1 Å². The molecule has 1 fully saturated rings. The van der Waals surface area contributed by atoms with Crippen molar-refractivity contribution in [3.05, 3.63) is 44.9 Å². The molecule has 2 aromatic rings. The molecule has 0 spiro atoms. The second-order valence-corrected chi connectivity index (χ2v) is 4.93. The molecular formula is C13H14N4O3. The van der Waals surface area contributed by atoms with Gasteiger partial charge in [0.25, 0.3) is 0 Å². The highest BCUT2D eigenvalue weighted by molar-refractivity contribution is 5.60. The zero-order valence-corrected chi connectivity index (χ0v) is 10.8. The molecule has 0 aromatic carbocycles. The number of fused-ring (bicyclic) bond motifs is 1. The van der Waals surface area contributed by atoms with Crippen molar-refractivity contribution >= 4 is 17.2 Å². The molecule has 7 nitrogen and oxygen atoms in total. The van der Waals surface area contributed by atoms with Gasteiger partial charge in [0.2, 0.25) is 5.82 Å². The van der Waals surface area contributed by atoms with Crippen molar-refractivity contribution in [2.75, 3.05) is 5.32 Å². The maximum atomic E-state index is 12.2. The first-order valence-electron chi connectivity index (χ1n) is 6.59. The number of nitrogens with zero attached hydrogens (tertiary/aromatic N) is 3. The number of anilines is 1. The first-order chi connectivity index (χ1) is 9.66. The summed E-state index contributed by atoms with van der Waals surface area (Å²) in [5.41, 5.74) is -0.731. The van der Waals surface area contributed by atoms with Gasteiger partial charge in [-0.2, -0.15) is 0 Å². The molecule has 1 aliphatic rings. The van der Waals surface area contributed by atoms with E-state index in [1.807, 2.05) is 0 Å². The minimum atomic E-state index is -0.661. The molecule has 2 aromatic heterocycles. The molecule has 1 aliphatic carbocycles. The summed E-state index contributed by atoms with van der Waals surface area (Å²) >= 11 is 0. The van der Waals surface area contributed by atoms with E-state index in [4.69, 9.17) is 0 Å². The highest BCUT2D eigenvalue weighted by Crippen LogP contribution is 2.25. The summed E-state index contributed by atoms with van der Waals surface area (Å²) in [7, 11) is 0. The van der Waals surface area contributed by atoms with Crippen LogP contribution in [0.2, 0.25) is 0 Å². The van der Waals surface area contributed by atoms with E-state index in [1.165, 1.54) is 10.6 Å². The van der Waals surface area contributed by atoms with Crippen LogP contribution in [-0.4, -0.2) is 20.3 Å². The molecule has 0 saturated heterocycles. The number of nitro groups is 1. The van der Waals surface area contributed by atoms with Crippen molar-refractivity contribution in [1.82, 2.24) is 9.38 Å². The lowest BCUT2D eigenvalue weighted by Gasteiger charge is -2.13. The zero-order valence-electron chi connectivity index (χ0n) is 10.8. The molecule has 0 atom stereocenters. The van der Waals surface area contributed by atoms with E-state index < -0.39 is 16.2 Å². The molecule has 7 heteroatoms. The third kappa shape index (κ3) is 2.11. The third-order valence-corrected chi connectivity index (χ3v) is 3.59. The van der Waals surface area contributed by atoms with Crippen molar-refractivity contribution in [2.45, 2.75) is 31.7 Å². The van der Waals surface area contributed by atoms with Crippen molar-refractivity contribution in [3.63, 3.8) is 0 Å². The Morgan fingerprint density at radius 2 is 2.10 bits per heavy atom. The summed E-state index contributed by atoms with van der Waals surface area (Å²) in [6, 6.07) is 5.20. The van der Waals surface area contributed by atoms with Gasteiger partial charge in [0, 0.05) is 12.2 Å². The summed E-state index contributed by atoms with van der Waals surface area (Å²) in [4.78, 5) is 26.9. The summed E-state index contributed by atoms with van der Waals surface area (Å²) in [6.07, 6.45) is 5.58. The summed E-state index contributed by atoms with van der Waals surface area (Å²) < 4.78 is 1.19. The number of aromatic nitrogens is 2. The molecule has 2 heterocycles. The molecule has 0 unspecified atom stereocenters. The average molecular weight is 274 g/mol. The topological polar surface area (TPSA) is 89.5 Å². The highest BCUT2D eigenvalue weighted by Gasteiger charge is 2.26. The molecular weight excluding hydrogens is 260 g/mol. The Kier molecular flexibility index (Phi) is 3.09. The summed E-state index contributed by atoms with van der Waals surface area (Å²) in [5, 5.41) is 14.2. The first-order valence-corrected chi connectivity index (χ1v) is 6.59. The van der Waals surface area contributed by atoms with Gasteiger partial charge in [-0.25, -0.2) is 4.98 Å². The van der Waals surface area contributed by atoms with Crippen LogP contribution < -0.4 is 10.9 Å². The maximum absolute atomic E-state index is 12.2. The Labute approximate surface area is 114 Å². The molecule has 20 heavy (non-hydrogen) atoms. The van der Waals surface area contributed by atoms with E-state index in [2.05, 4.69) is 10.3 Å². The monoisotopic (exact) mass is 274 g/mol. The van der Waals surface area contributed by atoms with Gasteiger partial charge < -0.3 is 5.32 Å². The number of nitrogens with one attached hydrogen (secondary N) is 1. The molecule has 104 valence electrons. The van der Waals surface area contributed by atoms with E-state index in [9.17, 15) is 14.9 Å². The lowest BCUT2D eigenvalue weighted by molar-refractivity contribution is -0.385. The second kappa shape index (κ2) is 4.92. The fourth-order valence-electron chi connectivity index (χ4n) is 2.61. The molecule has 0 bridgehead atoms. The number of hydrogen-bond donors (Lipinski definition) is 1. The Morgan fingerprint density at radius 3 is 2.80 bits per heavy atom. The van der Waals surface area contributed by atoms with Crippen LogP contribution in [-0.2, 0) is 0 Å². The number of pyridine rings is 1. The normalized spacial score (nSPS) is 15.6. The molecule has 1 N–H and O–H groups in total. The van der Waals surface area contributed by atoms with Crippen molar-refractivity contribution < 1.29 is 4.92 Å². The van der Waals surface area contributed by atoms with E-state index >= 15 is 0 Å². The Balaban J connectivity index is 2.15. The maximum Gasteiger partial charge on any atom is 0.376 e. The van der Waals surface area contributed by atoms with Crippen LogP contribution in [0.4, 0.5) is 11.5 Å². The van der Waals surface area contributed by atoms with Crippen molar-refractivity contribution in [2.24, 2.45) is 0 Å². The van der Waals surface area contributed by atoms with Gasteiger partial charge in [0.05, 0.1) is 4.92 Å². The Morgan fingerprint density at radius 1 is 1.35 bits per heavy atom. The summed E-state index contributed by atoms with van der Waals surface area (Å²) in [6.45, 7) is 0. The average Bonchev–Trinajstić information content (AvgIpc) is 2.91. The SMILES string of the molecule is O=c1c([N+](=O)[O-])c(NC2CCCC2)nc2ccccn12. The molecule has 3 rings (SSSR count). The van der Waals surface area contributed by atoms with Crippen LogP contribution in [0.5, 0.6) is 0 Å². The van der Waals surface area contributed by atoms with Gasteiger partial charge in [-0.1, -0.05) is 18.9 Å². The van der Waals surface area contributed by atoms with E-state index in [1.54, 1.807) is 18.2 Å². The Hall–Kier alpha value is -2.44. The molecule has 0 aliphatic heterocycles. The van der Waals surface area contributed by atoms with Gasteiger partial charge in [-0.15, -0.1) is 0 Å². The number of hydrogen-bond acceptors (Lipinski definition) is 5. The second-order valence-electron chi connectivity index (χ2n) is 4.93. The van der Waals surface area contributed by atoms with Gasteiger partial charge in [0.1, 0.15) is 5.65 Å². The van der Waals surface area contributed by atoms with Crippen molar-refractivity contribution in [1.29, 1.82) is 0 Å². The molecule has 0 radical (unpaired) electrons. The predicted octanol–water partition coefficient (Wildman–Crippen LogP) is 1.96. The van der Waals surface area contributed by atoms with Gasteiger partial charge in [0.15, 0.2) is 0 Å². The van der Waals surface area contributed by atoms with Crippen LogP contribution in [0.15, 0.2) is 29.2 Å². The van der Waals surface area contributed by atoms with Crippen LogP contribution in [0.1, 0.15) is 25.7 Å². The smallest absolute Gasteiger partial charge is 0.361 e. The first kappa shape index (κ1) is 12.6. The lowest BCUT2D eigenvalue weighted by Crippen LogP contribution is -2.24. The predicted molar refractivity (Wildman–Crippen MR) is 74.0 cm³/mol. The minimum Gasteiger partial charge on any atom is -0.361 e. The molecule has 0 amide bonds. The fraction of sp³-hybridized carbons (Fsp3) is 0.385. The van der Waals surface area contributed by atoms with Crippen molar-refractivity contribution in [3.8, 4) is 0 Å². The van der Waals surface area contributed by atoms with Gasteiger partial charge in [-0.3, -0.25) is 19.3 Å². The quantitative estimate of drug-likeness (QED) is 0.682.